The highest BCUT2D eigenvalue weighted by Gasteiger charge is 2.11. The van der Waals surface area contributed by atoms with E-state index in [0.29, 0.717) is 11.6 Å². The number of aromatic amines is 1. The minimum atomic E-state index is -0.195. The Kier molecular flexibility index (Phi) is 4.11. The van der Waals surface area contributed by atoms with Gasteiger partial charge in [0.1, 0.15) is 5.69 Å². The molecule has 3 N–H and O–H groups in total. The van der Waals surface area contributed by atoms with Crippen LogP contribution in [0.5, 0.6) is 0 Å². The molecule has 6 heteroatoms. The van der Waals surface area contributed by atoms with Gasteiger partial charge in [-0.1, -0.05) is 19.9 Å². The molecule has 0 spiro atoms. The van der Waals surface area contributed by atoms with Crippen LogP contribution < -0.4 is 10.6 Å². The molecular weight excluding hydrogens is 296 g/mol. The number of hydrogen-bond donors (Lipinski definition) is 3. The van der Waals surface area contributed by atoms with E-state index in [1.165, 1.54) is 11.3 Å². The summed E-state index contributed by atoms with van der Waals surface area (Å²) in [6.45, 7) is 5.11. The normalized spacial score (nSPS) is 11.0. The summed E-state index contributed by atoms with van der Waals surface area (Å²) in [5, 5.41) is 9.77. The van der Waals surface area contributed by atoms with Gasteiger partial charge in [0.05, 0.1) is 0 Å². The fourth-order valence-corrected chi connectivity index (χ4v) is 2.77. The zero-order valence-electron chi connectivity index (χ0n) is 12.5. The first-order chi connectivity index (χ1) is 10.6. The molecule has 22 heavy (non-hydrogen) atoms. The zero-order valence-corrected chi connectivity index (χ0v) is 13.3. The monoisotopic (exact) mass is 314 g/mol. The number of H-pyrrole nitrogens is 1. The number of thiazole rings is 1. The molecule has 0 atom stereocenters. The molecule has 2 aromatic heterocycles. The van der Waals surface area contributed by atoms with Gasteiger partial charge in [-0.3, -0.25) is 4.79 Å². The number of carbonyl (C=O) groups is 1. The maximum atomic E-state index is 12.2. The van der Waals surface area contributed by atoms with E-state index in [-0.39, 0.29) is 5.91 Å². The molecule has 2 heterocycles. The molecule has 0 radical (unpaired) electrons. The number of fused-ring (bicyclic) bond motifs is 1. The second kappa shape index (κ2) is 6.19. The third kappa shape index (κ3) is 3.28. The third-order valence-corrected chi connectivity index (χ3v) is 4.01. The van der Waals surface area contributed by atoms with Crippen LogP contribution in [0.25, 0.3) is 10.9 Å². The van der Waals surface area contributed by atoms with Crippen molar-refractivity contribution in [3.05, 3.63) is 41.5 Å². The second-order valence-electron chi connectivity index (χ2n) is 5.55. The van der Waals surface area contributed by atoms with Crippen molar-refractivity contribution >= 4 is 39.0 Å². The van der Waals surface area contributed by atoms with Crippen LogP contribution in [0.4, 0.5) is 10.8 Å². The van der Waals surface area contributed by atoms with E-state index in [4.69, 9.17) is 0 Å². The maximum absolute atomic E-state index is 12.2. The van der Waals surface area contributed by atoms with Crippen LogP contribution >= 0.6 is 11.3 Å². The molecule has 3 aromatic rings. The Bertz CT molecular complexity index is 790. The van der Waals surface area contributed by atoms with Crippen LogP contribution in [-0.2, 0) is 0 Å². The SMILES string of the molecule is CC(C)CNc1nc(C(=O)Nc2ccc3cc[nH]c3c2)cs1. The number of benzene rings is 1. The summed E-state index contributed by atoms with van der Waals surface area (Å²) in [6, 6.07) is 7.77. The standard InChI is InChI=1S/C16H18N4OS/c1-10(2)8-18-16-20-14(9-22-16)15(21)19-12-4-3-11-5-6-17-13(11)7-12/h3-7,9-10,17H,8H2,1-2H3,(H,18,20)(H,19,21). The summed E-state index contributed by atoms with van der Waals surface area (Å²) in [5.74, 6) is 0.341. The molecule has 0 saturated carbocycles. The highest BCUT2D eigenvalue weighted by molar-refractivity contribution is 7.13. The van der Waals surface area contributed by atoms with E-state index in [2.05, 4.69) is 34.4 Å². The minimum absolute atomic E-state index is 0.195. The number of rotatable bonds is 5. The molecule has 5 nitrogen and oxygen atoms in total. The molecule has 0 aliphatic heterocycles. The molecule has 0 bridgehead atoms. The van der Waals surface area contributed by atoms with Crippen LogP contribution in [0.15, 0.2) is 35.8 Å². The van der Waals surface area contributed by atoms with Gasteiger partial charge in [-0.25, -0.2) is 4.98 Å². The highest BCUT2D eigenvalue weighted by Crippen LogP contribution is 2.20. The smallest absolute Gasteiger partial charge is 0.275 e. The van der Waals surface area contributed by atoms with Crippen molar-refractivity contribution in [3.8, 4) is 0 Å². The molecule has 3 rings (SSSR count). The van der Waals surface area contributed by atoms with Crippen molar-refractivity contribution in [3.63, 3.8) is 0 Å². The van der Waals surface area contributed by atoms with E-state index in [1.807, 2.05) is 30.5 Å². The van der Waals surface area contributed by atoms with Gasteiger partial charge in [0.15, 0.2) is 5.13 Å². The van der Waals surface area contributed by atoms with E-state index in [0.717, 1.165) is 28.3 Å². The minimum Gasteiger partial charge on any atom is -0.361 e. The first kappa shape index (κ1) is 14.6. The van der Waals surface area contributed by atoms with Crippen molar-refractivity contribution in [2.45, 2.75) is 13.8 Å². The maximum Gasteiger partial charge on any atom is 0.275 e. The summed E-state index contributed by atoms with van der Waals surface area (Å²) >= 11 is 1.45. The molecule has 114 valence electrons. The fraction of sp³-hybridized carbons (Fsp3) is 0.250. The van der Waals surface area contributed by atoms with Crippen LogP contribution in [-0.4, -0.2) is 22.4 Å². The first-order valence-corrected chi connectivity index (χ1v) is 8.07. The average molecular weight is 314 g/mol. The van der Waals surface area contributed by atoms with Crippen molar-refractivity contribution in [1.29, 1.82) is 0 Å². The van der Waals surface area contributed by atoms with E-state index >= 15 is 0 Å². The Hall–Kier alpha value is -2.34. The van der Waals surface area contributed by atoms with E-state index < -0.39 is 0 Å². The average Bonchev–Trinajstić information content (AvgIpc) is 3.13. The van der Waals surface area contributed by atoms with Gasteiger partial charge in [0.2, 0.25) is 0 Å². The van der Waals surface area contributed by atoms with Gasteiger partial charge in [0, 0.05) is 29.3 Å². The quantitative estimate of drug-likeness (QED) is 0.668. The van der Waals surface area contributed by atoms with Crippen molar-refractivity contribution in [1.82, 2.24) is 9.97 Å². The number of aromatic nitrogens is 2. The van der Waals surface area contributed by atoms with Gasteiger partial charge in [-0.2, -0.15) is 0 Å². The molecule has 0 aliphatic carbocycles. The predicted octanol–water partition coefficient (Wildman–Crippen LogP) is 3.94. The van der Waals surface area contributed by atoms with Crippen molar-refractivity contribution in [2.24, 2.45) is 5.92 Å². The number of nitrogens with one attached hydrogen (secondary N) is 3. The Balaban J connectivity index is 1.68. The highest BCUT2D eigenvalue weighted by atomic mass is 32.1. The van der Waals surface area contributed by atoms with Gasteiger partial charge >= 0.3 is 0 Å². The lowest BCUT2D eigenvalue weighted by molar-refractivity contribution is 0.102. The van der Waals surface area contributed by atoms with Crippen molar-refractivity contribution < 1.29 is 4.79 Å². The number of anilines is 2. The molecule has 0 unspecified atom stereocenters. The summed E-state index contributed by atoms with van der Waals surface area (Å²) in [7, 11) is 0. The number of nitrogens with zero attached hydrogens (tertiary/aromatic N) is 1. The predicted molar refractivity (Wildman–Crippen MR) is 91.7 cm³/mol. The first-order valence-electron chi connectivity index (χ1n) is 7.20. The van der Waals surface area contributed by atoms with Gasteiger partial charge in [0.25, 0.3) is 5.91 Å². The topological polar surface area (TPSA) is 69.8 Å². The van der Waals surface area contributed by atoms with Crippen LogP contribution in [0, 0.1) is 5.92 Å². The largest absolute Gasteiger partial charge is 0.361 e. The summed E-state index contributed by atoms with van der Waals surface area (Å²) < 4.78 is 0. The summed E-state index contributed by atoms with van der Waals surface area (Å²) in [6.07, 6.45) is 1.88. The van der Waals surface area contributed by atoms with Crippen LogP contribution in [0.2, 0.25) is 0 Å². The molecular formula is C16H18N4OS. The molecule has 1 aromatic carbocycles. The Labute approximate surface area is 132 Å². The number of hydrogen-bond acceptors (Lipinski definition) is 4. The second-order valence-corrected chi connectivity index (χ2v) is 6.40. The Morgan fingerprint density at radius 1 is 1.36 bits per heavy atom. The zero-order chi connectivity index (χ0) is 15.5. The lowest BCUT2D eigenvalue weighted by atomic mass is 10.2. The van der Waals surface area contributed by atoms with Gasteiger partial charge in [-0.15, -0.1) is 11.3 Å². The van der Waals surface area contributed by atoms with Crippen LogP contribution in [0.1, 0.15) is 24.3 Å². The molecule has 0 aliphatic rings. The summed E-state index contributed by atoms with van der Waals surface area (Å²) in [4.78, 5) is 19.7. The third-order valence-electron chi connectivity index (χ3n) is 3.21. The Morgan fingerprint density at radius 2 is 2.23 bits per heavy atom. The van der Waals surface area contributed by atoms with Gasteiger partial charge in [-0.05, 0) is 29.5 Å². The fourth-order valence-electron chi connectivity index (χ4n) is 2.07. The van der Waals surface area contributed by atoms with Gasteiger partial charge < -0.3 is 15.6 Å². The van der Waals surface area contributed by atoms with Crippen LogP contribution in [0.3, 0.4) is 0 Å². The molecule has 1 amide bonds. The number of carbonyl (C=O) groups excluding carboxylic acids is 1. The molecule has 0 fully saturated rings. The lowest BCUT2D eigenvalue weighted by Crippen LogP contribution is -2.13. The van der Waals surface area contributed by atoms with E-state index in [1.54, 1.807) is 5.38 Å². The Morgan fingerprint density at radius 3 is 3.05 bits per heavy atom. The van der Waals surface area contributed by atoms with E-state index in [9.17, 15) is 4.79 Å². The molecule has 0 saturated heterocycles. The lowest BCUT2D eigenvalue weighted by Gasteiger charge is -2.05. The summed E-state index contributed by atoms with van der Waals surface area (Å²) in [5.41, 5.74) is 2.18. The van der Waals surface area contributed by atoms with Crippen molar-refractivity contribution in [2.75, 3.05) is 17.2 Å². The number of amides is 1.